The van der Waals surface area contributed by atoms with Gasteiger partial charge >= 0.3 is 5.97 Å². The zero-order valence-corrected chi connectivity index (χ0v) is 8.78. The number of carbonyl (C=O) groups excluding carboxylic acids is 1. The van der Waals surface area contributed by atoms with Crippen LogP contribution in [0.25, 0.3) is 0 Å². The molecule has 5 nitrogen and oxygen atoms in total. The molecule has 82 valence electrons. The standard InChI is InChI=1S/C10H15N3O2/c1-6-5-7(10(11,12)13)3-4-8(6)9(14)15-2/h3-5H,11-13H2,1-2H3. The molecule has 0 bridgehead atoms. The summed E-state index contributed by atoms with van der Waals surface area (Å²) >= 11 is 0. The summed E-state index contributed by atoms with van der Waals surface area (Å²) in [7, 11) is 1.33. The number of benzene rings is 1. The number of esters is 1. The second-order valence-electron chi connectivity index (χ2n) is 3.45. The van der Waals surface area contributed by atoms with Gasteiger partial charge in [-0.2, -0.15) is 0 Å². The molecule has 0 saturated carbocycles. The number of hydrogen-bond acceptors (Lipinski definition) is 5. The Morgan fingerprint density at radius 3 is 2.33 bits per heavy atom. The van der Waals surface area contributed by atoms with Gasteiger partial charge in [-0.05, 0) is 18.6 Å². The van der Waals surface area contributed by atoms with E-state index in [0.717, 1.165) is 5.56 Å². The molecule has 0 aliphatic rings. The van der Waals surface area contributed by atoms with Crippen LogP contribution < -0.4 is 17.2 Å². The summed E-state index contributed by atoms with van der Waals surface area (Å²) in [6.45, 7) is 1.77. The predicted octanol–water partition coefficient (Wildman–Crippen LogP) is -0.232. The van der Waals surface area contributed by atoms with Gasteiger partial charge < -0.3 is 4.74 Å². The second-order valence-corrected chi connectivity index (χ2v) is 3.45. The maximum absolute atomic E-state index is 11.3. The molecule has 0 heterocycles. The van der Waals surface area contributed by atoms with E-state index >= 15 is 0 Å². The van der Waals surface area contributed by atoms with Crippen molar-refractivity contribution < 1.29 is 9.53 Å². The molecular formula is C10H15N3O2. The molecule has 15 heavy (non-hydrogen) atoms. The minimum absolute atomic E-state index is 0.393. The van der Waals surface area contributed by atoms with E-state index in [1.165, 1.54) is 7.11 Å². The highest BCUT2D eigenvalue weighted by Gasteiger charge is 2.17. The van der Waals surface area contributed by atoms with Crippen LogP contribution in [0, 0.1) is 6.92 Å². The van der Waals surface area contributed by atoms with Crippen LogP contribution in [0.4, 0.5) is 0 Å². The zero-order valence-electron chi connectivity index (χ0n) is 8.78. The highest BCUT2D eigenvalue weighted by molar-refractivity contribution is 5.91. The van der Waals surface area contributed by atoms with Crippen LogP contribution in [-0.4, -0.2) is 13.1 Å². The van der Waals surface area contributed by atoms with Crippen molar-refractivity contribution in [1.82, 2.24) is 0 Å². The third-order valence-electron chi connectivity index (χ3n) is 2.13. The molecule has 5 heteroatoms. The van der Waals surface area contributed by atoms with E-state index < -0.39 is 11.8 Å². The van der Waals surface area contributed by atoms with E-state index in [1.54, 1.807) is 25.1 Å². The molecule has 0 aliphatic heterocycles. The minimum Gasteiger partial charge on any atom is -0.465 e. The fourth-order valence-corrected chi connectivity index (χ4v) is 1.27. The Bertz CT molecular complexity index is 383. The summed E-state index contributed by atoms with van der Waals surface area (Å²) in [4.78, 5) is 11.3. The van der Waals surface area contributed by atoms with Gasteiger partial charge in [0, 0.05) is 5.56 Å². The van der Waals surface area contributed by atoms with Gasteiger partial charge in [-0.1, -0.05) is 12.1 Å². The third kappa shape index (κ3) is 2.53. The van der Waals surface area contributed by atoms with Gasteiger partial charge in [-0.3, -0.25) is 17.2 Å². The first-order valence-electron chi connectivity index (χ1n) is 4.42. The molecule has 6 N–H and O–H groups in total. The lowest BCUT2D eigenvalue weighted by Crippen LogP contribution is -2.54. The maximum atomic E-state index is 11.3. The topological polar surface area (TPSA) is 104 Å². The zero-order chi connectivity index (χ0) is 11.6. The molecule has 1 rings (SSSR count). The van der Waals surface area contributed by atoms with Gasteiger partial charge in [0.25, 0.3) is 0 Å². The Hall–Kier alpha value is -1.43. The first kappa shape index (κ1) is 11.6. The van der Waals surface area contributed by atoms with Gasteiger partial charge in [0.05, 0.1) is 12.7 Å². The molecule has 0 unspecified atom stereocenters. The summed E-state index contributed by atoms with van der Waals surface area (Å²) in [5.74, 6) is -1.78. The minimum atomic E-state index is -1.39. The number of rotatable bonds is 2. The first-order chi connectivity index (χ1) is 6.86. The maximum Gasteiger partial charge on any atom is 0.338 e. The average Bonchev–Trinajstić information content (AvgIpc) is 2.15. The number of ether oxygens (including phenoxy) is 1. The number of hydrogen-bond donors (Lipinski definition) is 3. The number of carbonyl (C=O) groups is 1. The van der Waals surface area contributed by atoms with Crippen molar-refractivity contribution in [1.29, 1.82) is 0 Å². The normalized spacial score (nSPS) is 11.3. The van der Waals surface area contributed by atoms with Gasteiger partial charge in [-0.15, -0.1) is 0 Å². The van der Waals surface area contributed by atoms with Crippen LogP contribution in [-0.2, 0) is 10.5 Å². The summed E-state index contributed by atoms with van der Waals surface area (Å²) in [6.07, 6.45) is 0. The van der Waals surface area contributed by atoms with E-state index in [4.69, 9.17) is 17.2 Å². The monoisotopic (exact) mass is 209 g/mol. The Morgan fingerprint density at radius 2 is 1.93 bits per heavy atom. The predicted molar refractivity (Wildman–Crippen MR) is 56.8 cm³/mol. The van der Waals surface area contributed by atoms with Crippen LogP contribution >= 0.6 is 0 Å². The van der Waals surface area contributed by atoms with Crippen molar-refractivity contribution >= 4 is 5.97 Å². The smallest absolute Gasteiger partial charge is 0.338 e. The Labute approximate surface area is 88.2 Å². The third-order valence-corrected chi connectivity index (χ3v) is 2.13. The van der Waals surface area contributed by atoms with Crippen molar-refractivity contribution in [3.05, 3.63) is 34.9 Å². The van der Waals surface area contributed by atoms with Crippen molar-refractivity contribution in [3.63, 3.8) is 0 Å². The van der Waals surface area contributed by atoms with Crippen LogP contribution in [0.2, 0.25) is 0 Å². The largest absolute Gasteiger partial charge is 0.465 e. The molecule has 1 aromatic rings. The molecule has 0 spiro atoms. The summed E-state index contributed by atoms with van der Waals surface area (Å²) in [5, 5.41) is 0. The second kappa shape index (κ2) is 3.98. The van der Waals surface area contributed by atoms with Gasteiger partial charge in [-0.25, -0.2) is 4.79 Å². The van der Waals surface area contributed by atoms with Crippen molar-refractivity contribution in [2.45, 2.75) is 12.7 Å². The van der Waals surface area contributed by atoms with Gasteiger partial charge in [0.2, 0.25) is 0 Å². The van der Waals surface area contributed by atoms with Crippen molar-refractivity contribution in [2.75, 3.05) is 7.11 Å². The Kier molecular flexibility index (Phi) is 3.09. The molecule has 0 atom stereocenters. The average molecular weight is 209 g/mol. The summed E-state index contributed by atoms with van der Waals surface area (Å²) in [6, 6.07) is 4.88. The van der Waals surface area contributed by atoms with E-state index in [0.29, 0.717) is 11.1 Å². The van der Waals surface area contributed by atoms with E-state index in [2.05, 4.69) is 4.74 Å². The molecule has 0 aromatic heterocycles. The fourth-order valence-electron chi connectivity index (χ4n) is 1.27. The molecule has 0 radical (unpaired) electrons. The van der Waals surface area contributed by atoms with Gasteiger partial charge in [0.1, 0.15) is 5.79 Å². The molecule has 0 aliphatic carbocycles. The van der Waals surface area contributed by atoms with Crippen molar-refractivity contribution in [2.24, 2.45) is 17.2 Å². The van der Waals surface area contributed by atoms with Crippen LogP contribution in [0.1, 0.15) is 21.5 Å². The van der Waals surface area contributed by atoms with Crippen LogP contribution in [0.3, 0.4) is 0 Å². The molecule has 1 aromatic carbocycles. The van der Waals surface area contributed by atoms with E-state index in [9.17, 15) is 4.79 Å². The number of nitrogens with two attached hydrogens (primary N) is 3. The van der Waals surface area contributed by atoms with E-state index in [1.807, 2.05) is 0 Å². The highest BCUT2D eigenvalue weighted by atomic mass is 16.5. The fraction of sp³-hybridized carbons (Fsp3) is 0.300. The number of methoxy groups -OCH3 is 1. The lowest BCUT2D eigenvalue weighted by atomic mass is 10.0. The summed E-state index contributed by atoms with van der Waals surface area (Å²) in [5.41, 5.74) is 18.3. The molecule has 0 fully saturated rings. The lowest BCUT2D eigenvalue weighted by Gasteiger charge is -2.20. The molecule has 0 saturated heterocycles. The molecule has 0 amide bonds. The van der Waals surface area contributed by atoms with Crippen LogP contribution in [0.15, 0.2) is 18.2 Å². The van der Waals surface area contributed by atoms with Gasteiger partial charge in [0.15, 0.2) is 0 Å². The first-order valence-corrected chi connectivity index (χ1v) is 4.42. The number of aryl methyl sites for hydroxylation is 1. The highest BCUT2D eigenvalue weighted by Crippen LogP contribution is 2.15. The Balaban J connectivity index is 3.15. The SMILES string of the molecule is COC(=O)c1ccc(C(N)(N)N)cc1C. The van der Waals surface area contributed by atoms with E-state index in [-0.39, 0.29) is 0 Å². The quantitative estimate of drug-likeness (QED) is 0.461. The molecular weight excluding hydrogens is 194 g/mol. The lowest BCUT2D eigenvalue weighted by molar-refractivity contribution is 0.0600. The summed E-state index contributed by atoms with van der Waals surface area (Å²) < 4.78 is 4.61. The van der Waals surface area contributed by atoms with Crippen LogP contribution in [0.5, 0.6) is 0 Å². The van der Waals surface area contributed by atoms with Crippen molar-refractivity contribution in [3.8, 4) is 0 Å². The Morgan fingerprint density at radius 1 is 1.33 bits per heavy atom.